The summed E-state index contributed by atoms with van der Waals surface area (Å²) < 4.78 is 0. The number of allylic oxidation sites excluding steroid dienone is 2. The monoisotopic (exact) mass is 222 g/mol. The van der Waals surface area contributed by atoms with Crippen LogP contribution in [-0.2, 0) is 4.79 Å². The van der Waals surface area contributed by atoms with E-state index in [1.165, 1.54) is 12.8 Å². The van der Waals surface area contributed by atoms with Gasteiger partial charge in [-0.25, -0.2) is 0 Å². The van der Waals surface area contributed by atoms with E-state index in [4.69, 9.17) is 0 Å². The lowest BCUT2D eigenvalue weighted by Gasteiger charge is -2.16. The Labute approximate surface area is 100 Å². The number of ketones is 1. The summed E-state index contributed by atoms with van der Waals surface area (Å²) in [6, 6.07) is 0. The van der Waals surface area contributed by atoms with Crippen molar-refractivity contribution in [2.75, 3.05) is 0 Å². The smallest absolute Gasteiger partial charge is 0.136 e. The molecule has 0 aliphatic heterocycles. The van der Waals surface area contributed by atoms with E-state index < -0.39 is 0 Å². The maximum absolute atomic E-state index is 11.9. The highest BCUT2D eigenvalue weighted by molar-refractivity contribution is 5.81. The summed E-state index contributed by atoms with van der Waals surface area (Å²) in [5.74, 6) is 2.31. The van der Waals surface area contributed by atoms with E-state index in [0.717, 1.165) is 31.6 Å². The zero-order valence-corrected chi connectivity index (χ0v) is 11.0. The summed E-state index contributed by atoms with van der Waals surface area (Å²) in [7, 11) is 0. The standard InChI is InChI=1S/C15H26O/c1-4-12(2)11-13(3)9-10-15(16)14-7-5-6-8-14/h5-6,12-14H,4,7-11H2,1-3H3. The summed E-state index contributed by atoms with van der Waals surface area (Å²) in [5, 5.41) is 0. The first-order valence-corrected chi connectivity index (χ1v) is 6.81. The Morgan fingerprint density at radius 3 is 2.44 bits per heavy atom. The van der Waals surface area contributed by atoms with Gasteiger partial charge < -0.3 is 0 Å². The molecule has 1 heteroatoms. The van der Waals surface area contributed by atoms with Crippen LogP contribution in [0.25, 0.3) is 0 Å². The second-order valence-corrected chi connectivity index (χ2v) is 5.50. The minimum atomic E-state index is 0.316. The molecule has 1 aliphatic rings. The van der Waals surface area contributed by atoms with Gasteiger partial charge in [0.2, 0.25) is 0 Å². The van der Waals surface area contributed by atoms with Crippen LogP contribution in [0.1, 0.15) is 59.3 Å². The summed E-state index contributed by atoms with van der Waals surface area (Å²) in [6.07, 6.45) is 10.7. The van der Waals surface area contributed by atoms with Gasteiger partial charge in [-0.1, -0.05) is 39.3 Å². The van der Waals surface area contributed by atoms with Crippen LogP contribution in [0.3, 0.4) is 0 Å². The van der Waals surface area contributed by atoms with E-state index in [0.29, 0.717) is 17.6 Å². The molecule has 0 aromatic heterocycles. The molecule has 1 rings (SSSR count). The number of hydrogen-bond acceptors (Lipinski definition) is 1. The van der Waals surface area contributed by atoms with Crippen LogP contribution in [0.2, 0.25) is 0 Å². The van der Waals surface area contributed by atoms with E-state index in [9.17, 15) is 4.79 Å². The second-order valence-electron chi connectivity index (χ2n) is 5.50. The van der Waals surface area contributed by atoms with Gasteiger partial charge >= 0.3 is 0 Å². The number of carbonyl (C=O) groups excluding carboxylic acids is 1. The largest absolute Gasteiger partial charge is 0.299 e. The topological polar surface area (TPSA) is 17.1 Å². The van der Waals surface area contributed by atoms with Gasteiger partial charge in [0.05, 0.1) is 0 Å². The molecule has 0 aromatic rings. The maximum atomic E-state index is 11.9. The van der Waals surface area contributed by atoms with Gasteiger partial charge in [0.25, 0.3) is 0 Å². The predicted molar refractivity (Wildman–Crippen MR) is 69.3 cm³/mol. The summed E-state index contributed by atoms with van der Waals surface area (Å²) >= 11 is 0. The Balaban J connectivity index is 2.15. The molecule has 0 bridgehead atoms. The van der Waals surface area contributed by atoms with E-state index in [1.807, 2.05) is 0 Å². The van der Waals surface area contributed by atoms with Crippen molar-refractivity contribution < 1.29 is 4.79 Å². The molecule has 0 heterocycles. The average Bonchev–Trinajstić information content (AvgIpc) is 2.79. The lowest BCUT2D eigenvalue weighted by atomic mass is 9.89. The van der Waals surface area contributed by atoms with Gasteiger partial charge in [0, 0.05) is 12.3 Å². The molecule has 0 saturated heterocycles. The molecule has 0 radical (unpaired) electrons. The zero-order valence-electron chi connectivity index (χ0n) is 11.0. The van der Waals surface area contributed by atoms with Gasteiger partial charge in [-0.3, -0.25) is 4.79 Å². The minimum Gasteiger partial charge on any atom is -0.299 e. The fourth-order valence-corrected chi connectivity index (χ4v) is 2.44. The summed E-state index contributed by atoms with van der Waals surface area (Å²) in [5.41, 5.74) is 0. The minimum absolute atomic E-state index is 0.316. The molecule has 92 valence electrons. The maximum Gasteiger partial charge on any atom is 0.136 e. The van der Waals surface area contributed by atoms with Gasteiger partial charge in [-0.15, -0.1) is 0 Å². The van der Waals surface area contributed by atoms with Gasteiger partial charge in [0.1, 0.15) is 5.78 Å². The van der Waals surface area contributed by atoms with Crippen molar-refractivity contribution in [2.24, 2.45) is 17.8 Å². The Morgan fingerprint density at radius 2 is 1.88 bits per heavy atom. The average molecular weight is 222 g/mol. The molecule has 0 spiro atoms. The highest BCUT2D eigenvalue weighted by atomic mass is 16.1. The van der Waals surface area contributed by atoms with Crippen LogP contribution in [0.5, 0.6) is 0 Å². The van der Waals surface area contributed by atoms with Gasteiger partial charge in [-0.2, -0.15) is 0 Å². The second kappa shape index (κ2) is 6.88. The number of carbonyl (C=O) groups is 1. The summed E-state index contributed by atoms with van der Waals surface area (Å²) in [6.45, 7) is 6.83. The third-order valence-corrected chi connectivity index (χ3v) is 3.85. The van der Waals surface area contributed by atoms with Gasteiger partial charge in [-0.05, 0) is 37.5 Å². The predicted octanol–water partition coefficient (Wildman–Crippen LogP) is 4.37. The molecule has 0 fully saturated rings. The van der Waals surface area contributed by atoms with E-state index in [2.05, 4.69) is 32.9 Å². The quantitative estimate of drug-likeness (QED) is 0.584. The van der Waals surface area contributed by atoms with Crippen molar-refractivity contribution in [3.8, 4) is 0 Å². The number of hydrogen-bond donors (Lipinski definition) is 0. The van der Waals surface area contributed by atoms with E-state index in [-0.39, 0.29) is 0 Å². The molecule has 2 unspecified atom stereocenters. The van der Waals surface area contributed by atoms with Crippen LogP contribution in [-0.4, -0.2) is 5.78 Å². The molecule has 2 atom stereocenters. The Kier molecular flexibility index (Phi) is 5.79. The SMILES string of the molecule is CCC(C)CC(C)CCC(=O)C1CC=CC1. The van der Waals surface area contributed by atoms with Crippen LogP contribution in [0, 0.1) is 17.8 Å². The Morgan fingerprint density at radius 1 is 1.25 bits per heavy atom. The zero-order chi connectivity index (χ0) is 12.0. The van der Waals surface area contributed by atoms with Crippen molar-refractivity contribution in [1.82, 2.24) is 0 Å². The van der Waals surface area contributed by atoms with Gasteiger partial charge in [0.15, 0.2) is 0 Å². The molecule has 0 amide bonds. The first kappa shape index (κ1) is 13.5. The van der Waals surface area contributed by atoms with Crippen molar-refractivity contribution in [1.29, 1.82) is 0 Å². The fraction of sp³-hybridized carbons (Fsp3) is 0.800. The van der Waals surface area contributed by atoms with Crippen LogP contribution in [0.4, 0.5) is 0 Å². The highest BCUT2D eigenvalue weighted by Gasteiger charge is 2.19. The number of Topliss-reactive ketones (excluding diaryl/α,β-unsaturated/α-hetero) is 1. The number of rotatable bonds is 7. The first-order chi connectivity index (χ1) is 7.63. The molecular weight excluding hydrogens is 196 g/mol. The molecule has 1 aliphatic carbocycles. The van der Waals surface area contributed by atoms with Crippen LogP contribution in [0.15, 0.2) is 12.2 Å². The summed E-state index contributed by atoms with van der Waals surface area (Å²) in [4.78, 5) is 11.9. The normalized spacial score (nSPS) is 19.9. The third-order valence-electron chi connectivity index (χ3n) is 3.85. The van der Waals surface area contributed by atoms with Crippen molar-refractivity contribution in [2.45, 2.75) is 59.3 Å². The third kappa shape index (κ3) is 4.51. The highest BCUT2D eigenvalue weighted by Crippen LogP contribution is 2.24. The van der Waals surface area contributed by atoms with Crippen molar-refractivity contribution in [3.05, 3.63) is 12.2 Å². The lowest BCUT2D eigenvalue weighted by molar-refractivity contribution is -0.122. The van der Waals surface area contributed by atoms with Crippen molar-refractivity contribution >= 4 is 5.78 Å². The lowest BCUT2D eigenvalue weighted by Crippen LogP contribution is -2.13. The van der Waals surface area contributed by atoms with Crippen LogP contribution >= 0.6 is 0 Å². The van der Waals surface area contributed by atoms with E-state index in [1.54, 1.807) is 0 Å². The first-order valence-electron chi connectivity index (χ1n) is 6.81. The molecule has 16 heavy (non-hydrogen) atoms. The molecule has 0 aromatic carbocycles. The molecule has 0 N–H and O–H groups in total. The van der Waals surface area contributed by atoms with Crippen LogP contribution < -0.4 is 0 Å². The Hall–Kier alpha value is -0.590. The molecule has 0 saturated carbocycles. The Bertz CT molecular complexity index is 234. The fourth-order valence-electron chi connectivity index (χ4n) is 2.44. The molecular formula is C15H26O. The molecule has 1 nitrogen and oxygen atoms in total. The van der Waals surface area contributed by atoms with Crippen molar-refractivity contribution in [3.63, 3.8) is 0 Å². The van der Waals surface area contributed by atoms with E-state index >= 15 is 0 Å².